The average molecular weight is 491 g/mol. The lowest BCUT2D eigenvalue weighted by atomic mass is 10.0. The van der Waals surface area contributed by atoms with E-state index in [-0.39, 0.29) is 30.2 Å². The molecule has 4 rings (SSSR count). The summed E-state index contributed by atoms with van der Waals surface area (Å²) in [5.74, 6) is -3.34. The Morgan fingerprint density at radius 1 is 1.15 bits per heavy atom. The van der Waals surface area contributed by atoms with Gasteiger partial charge in [-0.1, -0.05) is 18.2 Å². The predicted molar refractivity (Wildman–Crippen MR) is 126 cm³/mol. The van der Waals surface area contributed by atoms with Crippen molar-refractivity contribution in [1.82, 2.24) is 15.2 Å². The molecule has 4 N–H and O–H groups in total. The van der Waals surface area contributed by atoms with Crippen LogP contribution in [0.3, 0.4) is 0 Å². The van der Waals surface area contributed by atoms with E-state index in [1.807, 2.05) is 30.5 Å². The van der Waals surface area contributed by atoms with E-state index in [1.165, 1.54) is 16.7 Å². The van der Waals surface area contributed by atoms with Gasteiger partial charge in [0.25, 0.3) is 5.91 Å². The lowest BCUT2D eigenvalue weighted by molar-refractivity contribution is -0.136. The van der Waals surface area contributed by atoms with E-state index in [1.54, 1.807) is 0 Å². The number of fused-ring (bicyclic) bond motifs is 1. The highest BCUT2D eigenvalue weighted by molar-refractivity contribution is 8.00. The molecule has 0 aliphatic carbocycles. The Balaban J connectivity index is 1.30. The molecule has 6 nitrogen and oxygen atoms in total. The van der Waals surface area contributed by atoms with E-state index >= 15 is 0 Å². The number of amides is 2. The summed E-state index contributed by atoms with van der Waals surface area (Å²) in [6.07, 6.45) is 2.30. The minimum Gasteiger partial charge on any atom is -0.361 e. The molecule has 1 saturated heterocycles. The zero-order chi connectivity index (χ0) is 24.2. The van der Waals surface area contributed by atoms with Crippen LogP contribution in [0, 0.1) is 17.5 Å². The van der Waals surface area contributed by atoms with E-state index in [9.17, 15) is 22.8 Å². The van der Waals surface area contributed by atoms with E-state index in [0.717, 1.165) is 22.5 Å². The maximum Gasteiger partial charge on any atom is 0.253 e. The van der Waals surface area contributed by atoms with Crippen LogP contribution in [0.2, 0.25) is 0 Å². The molecule has 3 aromatic rings. The Kier molecular flexibility index (Phi) is 7.47. The zero-order valence-electron chi connectivity index (χ0n) is 18.3. The molecule has 2 heterocycles. The second kappa shape index (κ2) is 10.5. The summed E-state index contributed by atoms with van der Waals surface area (Å²) < 4.78 is 40.4. The number of carbonyl (C=O) groups excluding carboxylic acids is 2. The molecule has 10 heteroatoms. The van der Waals surface area contributed by atoms with Crippen LogP contribution in [0.4, 0.5) is 13.2 Å². The Morgan fingerprint density at radius 2 is 1.91 bits per heavy atom. The first-order valence-electron chi connectivity index (χ1n) is 11.0. The van der Waals surface area contributed by atoms with Crippen LogP contribution in [0.1, 0.15) is 17.5 Å². The number of aromatic nitrogens is 1. The zero-order valence-corrected chi connectivity index (χ0v) is 19.1. The Morgan fingerprint density at radius 3 is 2.74 bits per heavy atom. The van der Waals surface area contributed by atoms with Gasteiger partial charge in [-0.25, -0.2) is 13.2 Å². The van der Waals surface area contributed by atoms with Crippen LogP contribution in [0.5, 0.6) is 0 Å². The minimum absolute atomic E-state index is 0.0958. The van der Waals surface area contributed by atoms with Gasteiger partial charge in [-0.15, -0.1) is 11.8 Å². The number of H-pyrrole nitrogens is 1. The lowest BCUT2D eigenvalue weighted by Gasteiger charge is -2.24. The van der Waals surface area contributed by atoms with Crippen molar-refractivity contribution in [3.05, 3.63) is 71.2 Å². The molecule has 0 spiro atoms. The standard InChI is InChI=1S/C24H25F3N4O2S/c25-18-12-20(27)19(26)10-15(18)9-16(28)11-22(32)31-7-8-34-24(31)23(33)29-6-5-14-13-30-21-4-2-1-3-17(14)21/h1-4,10,12-13,16,24,30H,5-9,11,28H2,(H,29,33). The fourth-order valence-electron chi connectivity index (χ4n) is 4.11. The number of carbonyl (C=O) groups is 2. The molecular weight excluding hydrogens is 465 g/mol. The van der Waals surface area contributed by atoms with Crippen LogP contribution in [0.25, 0.3) is 10.9 Å². The molecule has 34 heavy (non-hydrogen) atoms. The van der Waals surface area contributed by atoms with E-state index in [0.29, 0.717) is 31.3 Å². The third kappa shape index (κ3) is 5.39. The maximum atomic E-state index is 13.9. The Bertz CT molecular complexity index is 1200. The normalized spacial score (nSPS) is 16.7. The molecule has 0 radical (unpaired) electrons. The smallest absolute Gasteiger partial charge is 0.253 e. The van der Waals surface area contributed by atoms with E-state index in [2.05, 4.69) is 10.3 Å². The fraction of sp³-hybridized carbons (Fsp3) is 0.333. The number of nitrogens with two attached hydrogens (primary N) is 1. The SMILES string of the molecule is NC(CC(=O)N1CCSC1C(=O)NCCc1c[nH]c2ccccc12)Cc1cc(F)c(F)cc1F. The molecule has 1 aliphatic rings. The fourth-order valence-corrected chi connectivity index (χ4v) is 5.27. The van der Waals surface area contributed by atoms with Crippen molar-refractivity contribution in [3.63, 3.8) is 0 Å². The van der Waals surface area contributed by atoms with E-state index < -0.39 is 28.9 Å². The van der Waals surface area contributed by atoms with Gasteiger partial charge in [-0.05, 0) is 36.1 Å². The quantitative estimate of drug-likeness (QED) is 0.423. The molecule has 1 aliphatic heterocycles. The van der Waals surface area contributed by atoms with Gasteiger partial charge in [0.15, 0.2) is 17.0 Å². The van der Waals surface area contributed by atoms with Gasteiger partial charge in [-0.3, -0.25) is 9.59 Å². The summed E-state index contributed by atoms with van der Waals surface area (Å²) in [5, 5.41) is 3.34. The van der Waals surface area contributed by atoms with Crippen molar-refractivity contribution in [3.8, 4) is 0 Å². The number of nitrogens with zero attached hydrogens (tertiary/aromatic N) is 1. The summed E-state index contributed by atoms with van der Waals surface area (Å²) in [4.78, 5) is 30.2. The van der Waals surface area contributed by atoms with Crippen molar-refractivity contribution < 1.29 is 22.8 Å². The Hall–Kier alpha value is -2.98. The molecule has 2 atom stereocenters. The van der Waals surface area contributed by atoms with Gasteiger partial charge in [0.1, 0.15) is 5.82 Å². The highest BCUT2D eigenvalue weighted by Gasteiger charge is 2.35. The van der Waals surface area contributed by atoms with Gasteiger partial charge in [0, 0.05) is 54.5 Å². The van der Waals surface area contributed by atoms with Crippen molar-refractivity contribution >= 4 is 34.5 Å². The third-order valence-electron chi connectivity index (χ3n) is 5.81. The average Bonchev–Trinajstić information content (AvgIpc) is 3.45. The van der Waals surface area contributed by atoms with Crippen LogP contribution in [0.15, 0.2) is 42.6 Å². The maximum absolute atomic E-state index is 13.9. The van der Waals surface area contributed by atoms with Crippen LogP contribution < -0.4 is 11.1 Å². The summed E-state index contributed by atoms with van der Waals surface area (Å²) in [6, 6.07) is 8.34. The number of aromatic amines is 1. The first kappa shape index (κ1) is 24.2. The number of thioether (sulfide) groups is 1. The number of benzene rings is 2. The third-order valence-corrected chi connectivity index (χ3v) is 7.01. The van der Waals surface area contributed by atoms with Gasteiger partial charge < -0.3 is 20.9 Å². The summed E-state index contributed by atoms with van der Waals surface area (Å²) in [5.41, 5.74) is 8.03. The topological polar surface area (TPSA) is 91.2 Å². The Labute approximate surface area is 199 Å². The molecule has 180 valence electrons. The summed E-state index contributed by atoms with van der Waals surface area (Å²) >= 11 is 1.37. The molecular formula is C24H25F3N4O2S. The second-order valence-electron chi connectivity index (χ2n) is 8.24. The number of halogens is 3. The highest BCUT2D eigenvalue weighted by Crippen LogP contribution is 2.25. The highest BCUT2D eigenvalue weighted by atomic mass is 32.2. The van der Waals surface area contributed by atoms with Gasteiger partial charge >= 0.3 is 0 Å². The van der Waals surface area contributed by atoms with Gasteiger partial charge in [0.2, 0.25) is 5.91 Å². The number of hydrogen-bond donors (Lipinski definition) is 3. The molecule has 2 aromatic carbocycles. The van der Waals surface area contributed by atoms with Crippen LogP contribution in [-0.4, -0.2) is 52.0 Å². The van der Waals surface area contributed by atoms with E-state index in [4.69, 9.17) is 5.73 Å². The van der Waals surface area contributed by atoms with Crippen LogP contribution in [-0.2, 0) is 22.4 Å². The lowest BCUT2D eigenvalue weighted by Crippen LogP contribution is -2.46. The predicted octanol–water partition coefficient (Wildman–Crippen LogP) is 3.11. The van der Waals surface area contributed by atoms with Crippen molar-refractivity contribution in [1.29, 1.82) is 0 Å². The summed E-state index contributed by atoms with van der Waals surface area (Å²) in [7, 11) is 0. The molecule has 2 amide bonds. The number of hydrogen-bond acceptors (Lipinski definition) is 4. The number of nitrogens with one attached hydrogen (secondary N) is 2. The molecule has 1 aromatic heterocycles. The van der Waals surface area contributed by atoms with Crippen molar-refractivity contribution in [2.75, 3.05) is 18.8 Å². The molecule has 0 saturated carbocycles. The molecule has 0 bridgehead atoms. The molecule has 2 unspecified atom stereocenters. The largest absolute Gasteiger partial charge is 0.361 e. The van der Waals surface area contributed by atoms with Gasteiger partial charge in [0.05, 0.1) is 0 Å². The first-order chi connectivity index (χ1) is 16.3. The summed E-state index contributed by atoms with van der Waals surface area (Å²) in [6.45, 7) is 0.824. The number of para-hydroxylation sites is 1. The van der Waals surface area contributed by atoms with Gasteiger partial charge in [-0.2, -0.15) is 0 Å². The first-order valence-corrected chi connectivity index (χ1v) is 12.0. The van der Waals surface area contributed by atoms with Crippen molar-refractivity contribution in [2.24, 2.45) is 5.73 Å². The van der Waals surface area contributed by atoms with Crippen molar-refractivity contribution in [2.45, 2.75) is 30.7 Å². The molecule has 1 fully saturated rings. The second-order valence-corrected chi connectivity index (χ2v) is 9.42. The number of rotatable bonds is 8. The minimum atomic E-state index is -1.28. The monoisotopic (exact) mass is 490 g/mol. The van der Waals surface area contributed by atoms with Crippen LogP contribution >= 0.6 is 11.8 Å².